The molecule has 3 aromatic carbocycles. The van der Waals surface area contributed by atoms with Gasteiger partial charge >= 0.3 is 0 Å². The molecule has 0 bridgehead atoms. The standard InChI is InChI=1S/C28H30N2O6/c1-20-5-8-23(9-6-20)35-17-15-30-25-18-21(7-14-26(25)36-19-28(30)32)29-27(31)4-3-16-34-24-12-10-22(33-2)11-13-24/h5-14,18H,3-4,15-17,19H2,1-2H3,(H,29,31). The first-order valence-electron chi connectivity index (χ1n) is 11.9. The number of nitrogens with zero attached hydrogens (tertiary/aromatic N) is 1. The molecular formula is C28H30N2O6. The SMILES string of the molecule is COc1ccc(OCCCC(=O)Nc2ccc3c(c2)N(CCOc2ccc(C)cc2)C(=O)CO3)cc1. The zero-order valence-corrected chi connectivity index (χ0v) is 20.5. The minimum absolute atomic E-state index is 0.0303. The van der Waals surface area contributed by atoms with E-state index in [2.05, 4.69) is 5.32 Å². The number of ether oxygens (including phenoxy) is 4. The molecule has 1 aliphatic rings. The zero-order chi connectivity index (χ0) is 25.3. The lowest BCUT2D eigenvalue weighted by molar-refractivity contribution is -0.121. The van der Waals surface area contributed by atoms with Crippen molar-refractivity contribution < 1.29 is 28.5 Å². The number of hydrogen-bond donors (Lipinski definition) is 1. The number of methoxy groups -OCH3 is 1. The topological polar surface area (TPSA) is 86.3 Å². The maximum absolute atomic E-state index is 12.5. The Labute approximate surface area is 210 Å². The van der Waals surface area contributed by atoms with Gasteiger partial charge in [-0.3, -0.25) is 9.59 Å². The number of benzene rings is 3. The van der Waals surface area contributed by atoms with E-state index >= 15 is 0 Å². The van der Waals surface area contributed by atoms with Crippen LogP contribution in [0, 0.1) is 6.92 Å². The van der Waals surface area contributed by atoms with E-state index in [-0.39, 0.29) is 18.4 Å². The largest absolute Gasteiger partial charge is 0.497 e. The van der Waals surface area contributed by atoms with Gasteiger partial charge in [-0.2, -0.15) is 0 Å². The molecule has 0 aliphatic carbocycles. The van der Waals surface area contributed by atoms with E-state index in [4.69, 9.17) is 18.9 Å². The van der Waals surface area contributed by atoms with Gasteiger partial charge in [0.1, 0.15) is 29.6 Å². The van der Waals surface area contributed by atoms with Crippen molar-refractivity contribution in [3.8, 4) is 23.0 Å². The van der Waals surface area contributed by atoms with Gasteiger partial charge in [0.15, 0.2) is 6.61 Å². The Kier molecular flexibility index (Phi) is 8.28. The van der Waals surface area contributed by atoms with Crippen LogP contribution in [0.4, 0.5) is 11.4 Å². The Morgan fingerprint density at radius 3 is 2.33 bits per heavy atom. The summed E-state index contributed by atoms with van der Waals surface area (Å²) in [4.78, 5) is 26.6. The summed E-state index contributed by atoms with van der Waals surface area (Å²) in [6, 6.07) is 20.3. The summed E-state index contributed by atoms with van der Waals surface area (Å²) >= 11 is 0. The molecule has 36 heavy (non-hydrogen) atoms. The quantitative estimate of drug-likeness (QED) is 0.395. The van der Waals surface area contributed by atoms with E-state index in [9.17, 15) is 9.59 Å². The number of carbonyl (C=O) groups is 2. The fraction of sp³-hybridized carbons (Fsp3) is 0.286. The van der Waals surface area contributed by atoms with E-state index in [1.807, 2.05) is 55.5 Å². The van der Waals surface area contributed by atoms with Crippen LogP contribution >= 0.6 is 0 Å². The molecule has 0 aromatic heterocycles. The molecule has 0 unspecified atom stereocenters. The zero-order valence-electron chi connectivity index (χ0n) is 20.5. The van der Waals surface area contributed by atoms with E-state index in [0.717, 1.165) is 22.8 Å². The van der Waals surface area contributed by atoms with Gasteiger partial charge in [-0.25, -0.2) is 0 Å². The first kappa shape index (κ1) is 24.9. The van der Waals surface area contributed by atoms with E-state index < -0.39 is 0 Å². The first-order chi connectivity index (χ1) is 17.5. The highest BCUT2D eigenvalue weighted by atomic mass is 16.5. The monoisotopic (exact) mass is 490 g/mol. The Hall–Kier alpha value is -4.20. The average Bonchev–Trinajstić information content (AvgIpc) is 2.89. The van der Waals surface area contributed by atoms with Gasteiger partial charge in [-0.1, -0.05) is 17.7 Å². The highest BCUT2D eigenvalue weighted by molar-refractivity contribution is 5.99. The van der Waals surface area contributed by atoms with Crippen LogP contribution in [0.5, 0.6) is 23.0 Å². The van der Waals surface area contributed by atoms with Gasteiger partial charge in [0.2, 0.25) is 5.91 Å². The van der Waals surface area contributed by atoms with Gasteiger partial charge < -0.3 is 29.2 Å². The van der Waals surface area contributed by atoms with Crippen molar-refractivity contribution >= 4 is 23.2 Å². The summed E-state index contributed by atoms with van der Waals surface area (Å²) < 4.78 is 22.2. The molecule has 2 amide bonds. The van der Waals surface area contributed by atoms with Crippen LogP contribution in [0.1, 0.15) is 18.4 Å². The van der Waals surface area contributed by atoms with Crippen LogP contribution in [-0.2, 0) is 9.59 Å². The lowest BCUT2D eigenvalue weighted by atomic mass is 10.2. The summed E-state index contributed by atoms with van der Waals surface area (Å²) in [5.74, 6) is 2.53. The van der Waals surface area contributed by atoms with Crippen LogP contribution in [0.15, 0.2) is 66.7 Å². The van der Waals surface area contributed by atoms with Crippen LogP contribution in [0.3, 0.4) is 0 Å². The Morgan fingerprint density at radius 2 is 1.61 bits per heavy atom. The number of hydrogen-bond acceptors (Lipinski definition) is 6. The van der Waals surface area contributed by atoms with Crippen molar-refractivity contribution in [1.29, 1.82) is 0 Å². The second kappa shape index (κ2) is 12.0. The second-order valence-corrected chi connectivity index (χ2v) is 8.35. The highest BCUT2D eigenvalue weighted by Crippen LogP contribution is 2.34. The van der Waals surface area contributed by atoms with Crippen LogP contribution in [0.2, 0.25) is 0 Å². The first-order valence-corrected chi connectivity index (χ1v) is 11.9. The number of fused-ring (bicyclic) bond motifs is 1. The average molecular weight is 491 g/mol. The van der Waals surface area contributed by atoms with Gasteiger partial charge in [0, 0.05) is 12.1 Å². The fourth-order valence-electron chi connectivity index (χ4n) is 3.73. The summed E-state index contributed by atoms with van der Waals surface area (Å²) in [6.07, 6.45) is 0.865. The summed E-state index contributed by atoms with van der Waals surface area (Å²) in [7, 11) is 1.61. The van der Waals surface area contributed by atoms with Crippen molar-refractivity contribution in [2.75, 3.05) is 43.7 Å². The molecule has 1 N–H and O–H groups in total. The van der Waals surface area contributed by atoms with Crippen LogP contribution in [-0.4, -0.2) is 45.3 Å². The van der Waals surface area contributed by atoms with Crippen molar-refractivity contribution in [2.24, 2.45) is 0 Å². The minimum Gasteiger partial charge on any atom is -0.497 e. The molecular weight excluding hydrogens is 460 g/mol. The molecule has 0 radical (unpaired) electrons. The molecule has 8 nitrogen and oxygen atoms in total. The number of nitrogens with one attached hydrogen (secondary N) is 1. The van der Waals surface area contributed by atoms with Crippen molar-refractivity contribution in [1.82, 2.24) is 0 Å². The van der Waals surface area contributed by atoms with Gasteiger partial charge in [0.25, 0.3) is 5.91 Å². The third-order valence-electron chi connectivity index (χ3n) is 5.67. The highest BCUT2D eigenvalue weighted by Gasteiger charge is 2.26. The third kappa shape index (κ3) is 6.69. The number of rotatable bonds is 11. The molecule has 0 fully saturated rings. The second-order valence-electron chi connectivity index (χ2n) is 8.35. The molecule has 1 heterocycles. The summed E-state index contributed by atoms with van der Waals surface area (Å²) in [6.45, 7) is 3.10. The molecule has 0 atom stereocenters. The maximum atomic E-state index is 12.5. The fourth-order valence-corrected chi connectivity index (χ4v) is 3.73. The molecule has 4 rings (SSSR count). The van der Waals surface area contributed by atoms with Crippen LogP contribution < -0.4 is 29.2 Å². The predicted octanol–water partition coefficient (Wildman–Crippen LogP) is 4.61. The predicted molar refractivity (Wildman–Crippen MR) is 137 cm³/mol. The Balaban J connectivity index is 1.28. The Bertz CT molecular complexity index is 1180. The van der Waals surface area contributed by atoms with Crippen molar-refractivity contribution in [3.05, 3.63) is 72.3 Å². The third-order valence-corrected chi connectivity index (χ3v) is 5.67. The van der Waals surface area contributed by atoms with Gasteiger partial charge in [-0.05, 0) is 67.9 Å². The molecule has 3 aromatic rings. The lowest BCUT2D eigenvalue weighted by Gasteiger charge is -2.29. The van der Waals surface area contributed by atoms with Gasteiger partial charge in [0.05, 0.1) is 25.9 Å². The van der Waals surface area contributed by atoms with E-state index in [0.29, 0.717) is 49.7 Å². The van der Waals surface area contributed by atoms with Crippen LogP contribution in [0.25, 0.3) is 0 Å². The maximum Gasteiger partial charge on any atom is 0.265 e. The molecule has 0 spiro atoms. The van der Waals surface area contributed by atoms with Crippen molar-refractivity contribution in [2.45, 2.75) is 19.8 Å². The van der Waals surface area contributed by atoms with Gasteiger partial charge in [-0.15, -0.1) is 0 Å². The van der Waals surface area contributed by atoms with E-state index in [1.165, 1.54) is 0 Å². The molecule has 8 heteroatoms. The summed E-state index contributed by atoms with van der Waals surface area (Å²) in [5, 5.41) is 2.89. The minimum atomic E-state index is -0.158. The molecule has 1 aliphatic heterocycles. The lowest BCUT2D eigenvalue weighted by Crippen LogP contribution is -2.41. The number of aryl methyl sites for hydroxylation is 1. The summed E-state index contributed by atoms with van der Waals surface area (Å²) in [5.41, 5.74) is 2.36. The number of anilines is 2. The van der Waals surface area contributed by atoms with Crippen molar-refractivity contribution in [3.63, 3.8) is 0 Å². The molecule has 0 saturated carbocycles. The van der Waals surface area contributed by atoms with E-state index in [1.54, 1.807) is 30.2 Å². The molecule has 0 saturated heterocycles. The molecule has 188 valence electrons. The number of amides is 2. The smallest absolute Gasteiger partial charge is 0.265 e. The Morgan fingerprint density at radius 1 is 0.944 bits per heavy atom. The number of carbonyl (C=O) groups excluding carboxylic acids is 2. The normalized spacial score (nSPS) is 12.4.